The Morgan fingerprint density at radius 2 is 1.82 bits per heavy atom. The van der Waals surface area contributed by atoms with Crippen molar-refractivity contribution in [1.29, 1.82) is 0 Å². The van der Waals surface area contributed by atoms with Crippen LogP contribution in [0.15, 0.2) is 29.5 Å². The van der Waals surface area contributed by atoms with Crippen LogP contribution < -0.4 is 15.5 Å². The number of ether oxygens (including phenoxy) is 1. The van der Waals surface area contributed by atoms with Crippen LogP contribution in [0.25, 0.3) is 0 Å². The molecule has 0 saturated carbocycles. The zero-order valence-electron chi connectivity index (χ0n) is 22.2. The predicted octanol–water partition coefficient (Wildman–Crippen LogP) is 2.24. The van der Waals surface area contributed by atoms with Crippen molar-refractivity contribution >= 4 is 41.0 Å². The molecule has 1 unspecified atom stereocenters. The van der Waals surface area contributed by atoms with E-state index in [1.54, 1.807) is 11.1 Å². The highest BCUT2D eigenvalue weighted by molar-refractivity contribution is 6.13. The van der Waals surface area contributed by atoms with Crippen molar-refractivity contribution in [3.8, 4) is 0 Å². The van der Waals surface area contributed by atoms with Crippen LogP contribution in [-0.2, 0) is 20.9 Å². The molecule has 3 aliphatic heterocycles. The predicted molar refractivity (Wildman–Crippen MR) is 147 cm³/mol. The molecular weight excluding hydrogens is 484 g/mol. The lowest BCUT2D eigenvalue weighted by Crippen LogP contribution is -2.37. The van der Waals surface area contributed by atoms with E-state index >= 15 is 0 Å². The lowest BCUT2D eigenvalue weighted by Gasteiger charge is -2.31. The minimum atomic E-state index is -0.593. The molecule has 11 nitrogen and oxygen atoms in total. The molecule has 1 atom stereocenters. The lowest BCUT2D eigenvalue weighted by atomic mass is 10.0. The smallest absolute Gasteiger partial charge is 0.238 e. The molecule has 2 bridgehead atoms. The van der Waals surface area contributed by atoms with E-state index in [1.165, 1.54) is 12.0 Å². The van der Waals surface area contributed by atoms with E-state index in [1.807, 2.05) is 13.1 Å². The lowest BCUT2D eigenvalue weighted by molar-refractivity contribution is -0.130. The Morgan fingerprint density at radius 3 is 2.66 bits per heavy atom. The molecule has 1 aromatic carbocycles. The van der Waals surface area contributed by atoms with Crippen LogP contribution in [0.2, 0.25) is 0 Å². The third kappa shape index (κ3) is 5.94. The number of rotatable bonds is 1. The zero-order valence-corrected chi connectivity index (χ0v) is 22.2. The first-order valence-corrected chi connectivity index (χ1v) is 13.3. The van der Waals surface area contributed by atoms with Crippen LogP contribution in [-0.4, -0.2) is 97.8 Å². The van der Waals surface area contributed by atoms with Crippen LogP contribution in [0.5, 0.6) is 0 Å². The standard InChI is InChI=1S/C27H36N8O3/c1-33-9-3-5-23(36)34(2)10-4-8-28-25-24-21(27(37)32-26(24)31-18-30-25)16-29-20-6-7-22(19(15-20)17-33)35-11-13-38-14-12-35/h6-7,15-16,18,21H,3-5,8-14,17H2,1-2H3,(H2,28,30,31,32,37). The Morgan fingerprint density at radius 1 is 1.00 bits per heavy atom. The molecule has 1 aromatic heterocycles. The van der Waals surface area contributed by atoms with Crippen LogP contribution >= 0.6 is 0 Å². The maximum atomic E-state index is 12.9. The fourth-order valence-corrected chi connectivity index (χ4v) is 5.16. The number of hydrogen-bond donors (Lipinski definition) is 2. The Balaban J connectivity index is 1.47. The van der Waals surface area contributed by atoms with E-state index in [0.29, 0.717) is 49.9 Å². The van der Waals surface area contributed by atoms with Crippen molar-refractivity contribution in [3.63, 3.8) is 0 Å². The second-order valence-electron chi connectivity index (χ2n) is 10.1. The fourth-order valence-electron chi connectivity index (χ4n) is 5.16. The Kier molecular flexibility index (Phi) is 8.14. The molecule has 38 heavy (non-hydrogen) atoms. The average Bonchev–Trinajstić information content (AvgIpc) is 3.25. The van der Waals surface area contributed by atoms with Gasteiger partial charge in [-0.25, -0.2) is 9.97 Å². The number of aliphatic imine (C=N–C) groups is 1. The maximum absolute atomic E-state index is 12.9. The van der Waals surface area contributed by atoms with Gasteiger partial charge in [0.25, 0.3) is 0 Å². The summed E-state index contributed by atoms with van der Waals surface area (Å²) in [7, 11) is 3.94. The summed E-state index contributed by atoms with van der Waals surface area (Å²) in [6.45, 7) is 5.91. The van der Waals surface area contributed by atoms with Crippen molar-refractivity contribution in [2.24, 2.45) is 4.99 Å². The fraction of sp³-hybridized carbons (Fsp3) is 0.519. The van der Waals surface area contributed by atoms with E-state index in [-0.39, 0.29) is 11.8 Å². The highest BCUT2D eigenvalue weighted by atomic mass is 16.5. The van der Waals surface area contributed by atoms with E-state index in [9.17, 15) is 9.59 Å². The summed E-state index contributed by atoms with van der Waals surface area (Å²) in [4.78, 5) is 45.3. The zero-order chi connectivity index (χ0) is 26.5. The first-order chi connectivity index (χ1) is 18.5. The van der Waals surface area contributed by atoms with E-state index in [0.717, 1.165) is 50.3 Å². The first kappa shape index (κ1) is 26.1. The SMILES string of the molecule is CN1CCCC(=O)N(C)CCCNc2ncnc3c2C(C=Nc2ccc(N4CCOCC4)c(c2)C1)C(=O)N3. The van der Waals surface area contributed by atoms with Crippen molar-refractivity contribution in [1.82, 2.24) is 19.8 Å². The molecule has 3 aliphatic rings. The third-order valence-corrected chi connectivity index (χ3v) is 7.27. The van der Waals surface area contributed by atoms with Gasteiger partial charge in [-0.05, 0) is 50.2 Å². The van der Waals surface area contributed by atoms with Gasteiger partial charge >= 0.3 is 0 Å². The van der Waals surface area contributed by atoms with Crippen molar-refractivity contribution in [2.75, 3.05) is 75.6 Å². The normalized spacial score (nSPS) is 21.7. The topological polar surface area (TPSA) is 115 Å². The summed E-state index contributed by atoms with van der Waals surface area (Å²) >= 11 is 0. The number of hydrogen-bond acceptors (Lipinski definition) is 9. The third-order valence-electron chi connectivity index (χ3n) is 7.27. The Labute approximate surface area is 223 Å². The first-order valence-electron chi connectivity index (χ1n) is 13.3. The summed E-state index contributed by atoms with van der Waals surface area (Å²) in [5.41, 5.74) is 3.82. The molecule has 0 spiro atoms. The number of fused-ring (bicyclic) bond motifs is 2. The van der Waals surface area contributed by atoms with Crippen LogP contribution in [0.4, 0.5) is 23.0 Å². The summed E-state index contributed by atoms with van der Waals surface area (Å²) < 4.78 is 5.56. The number of carbonyl (C=O) groups is 2. The van der Waals surface area contributed by atoms with Gasteiger partial charge in [-0.3, -0.25) is 14.6 Å². The minimum absolute atomic E-state index is 0.151. The molecule has 0 radical (unpaired) electrons. The van der Waals surface area contributed by atoms with Gasteiger partial charge in [0.15, 0.2) is 0 Å². The molecule has 202 valence electrons. The summed E-state index contributed by atoms with van der Waals surface area (Å²) in [6.07, 6.45) is 5.21. The van der Waals surface area contributed by atoms with Crippen LogP contribution in [0.3, 0.4) is 0 Å². The van der Waals surface area contributed by atoms with Gasteiger partial charge < -0.3 is 30.1 Å². The van der Waals surface area contributed by atoms with Gasteiger partial charge in [0.2, 0.25) is 11.8 Å². The average molecular weight is 521 g/mol. The largest absolute Gasteiger partial charge is 0.378 e. The number of carbonyl (C=O) groups excluding carboxylic acids is 2. The molecule has 2 N–H and O–H groups in total. The highest BCUT2D eigenvalue weighted by Crippen LogP contribution is 2.35. The number of amides is 2. The van der Waals surface area contributed by atoms with Gasteiger partial charge in [-0.2, -0.15) is 0 Å². The molecule has 0 aliphatic carbocycles. The van der Waals surface area contributed by atoms with Gasteiger partial charge in [0, 0.05) is 58.1 Å². The Hall–Kier alpha value is -3.57. The number of benzene rings is 1. The second-order valence-corrected chi connectivity index (χ2v) is 10.1. The van der Waals surface area contributed by atoms with Crippen molar-refractivity contribution < 1.29 is 14.3 Å². The summed E-state index contributed by atoms with van der Waals surface area (Å²) in [5.74, 6) is 0.505. The van der Waals surface area contributed by atoms with E-state index in [2.05, 4.69) is 49.6 Å². The molecule has 1 saturated heterocycles. The molecular formula is C27H36N8O3. The van der Waals surface area contributed by atoms with Crippen LogP contribution in [0, 0.1) is 0 Å². The molecule has 2 amide bonds. The monoisotopic (exact) mass is 520 g/mol. The van der Waals surface area contributed by atoms with Crippen molar-refractivity contribution in [2.45, 2.75) is 31.7 Å². The number of anilines is 3. The second kappa shape index (κ2) is 11.9. The quantitative estimate of drug-likeness (QED) is 0.588. The number of aromatic nitrogens is 2. The minimum Gasteiger partial charge on any atom is -0.378 e. The van der Waals surface area contributed by atoms with E-state index < -0.39 is 5.92 Å². The van der Waals surface area contributed by atoms with Gasteiger partial charge in [-0.15, -0.1) is 0 Å². The molecule has 5 rings (SSSR count). The van der Waals surface area contributed by atoms with Crippen LogP contribution in [0.1, 0.15) is 36.3 Å². The summed E-state index contributed by atoms with van der Waals surface area (Å²) in [5, 5.41) is 6.19. The molecule has 4 heterocycles. The van der Waals surface area contributed by atoms with Crippen molar-refractivity contribution in [3.05, 3.63) is 35.7 Å². The van der Waals surface area contributed by atoms with Gasteiger partial charge in [0.1, 0.15) is 23.9 Å². The van der Waals surface area contributed by atoms with Gasteiger partial charge in [0.05, 0.1) is 24.5 Å². The number of nitrogens with one attached hydrogen (secondary N) is 2. The summed E-state index contributed by atoms with van der Waals surface area (Å²) in [6, 6.07) is 6.20. The Bertz CT molecular complexity index is 1200. The van der Waals surface area contributed by atoms with Gasteiger partial charge in [-0.1, -0.05) is 0 Å². The maximum Gasteiger partial charge on any atom is 0.238 e. The molecule has 11 heteroatoms. The number of nitrogens with zero attached hydrogens (tertiary/aromatic N) is 6. The number of morpholine rings is 1. The van der Waals surface area contributed by atoms with E-state index in [4.69, 9.17) is 9.73 Å². The molecule has 2 aromatic rings. The molecule has 1 fully saturated rings. The highest BCUT2D eigenvalue weighted by Gasteiger charge is 2.33.